The molecule has 18 heavy (non-hydrogen) atoms. The highest BCUT2D eigenvalue weighted by Gasteiger charge is 2.08. The van der Waals surface area contributed by atoms with Crippen LogP contribution < -0.4 is 11.3 Å². The Morgan fingerprint density at radius 3 is 2.83 bits per heavy atom. The maximum Gasteiger partial charge on any atom is 0.234 e. The van der Waals surface area contributed by atoms with E-state index >= 15 is 0 Å². The molecular formula is C12H14N4O2. The molecule has 6 heteroatoms. The highest BCUT2D eigenvalue weighted by atomic mass is 16.5. The van der Waals surface area contributed by atoms with Gasteiger partial charge in [-0.3, -0.25) is 10.2 Å². The number of hydrogen-bond donors (Lipinski definition) is 2. The third kappa shape index (κ3) is 3.39. The number of aryl methyl sites for hydroxylation is 1. The first-order chi connectivity index (χ1) is 8.78. The number of nitrogens with two attached hydrogens (primary N) is 1. The largest absolute Gasteiger partial charge is 0.339 e. The Hall–Kier alpha value is -2.21. The van der Waals surface area contributed by atoms with Crippen molar-refractivity contribution in [3.63, 3.8) is 0 Å². The van der Waals surface area contributed by atoms with Crippen LogP contribution in [0, 0.1) is 0 Å². The molecule has 0 fully saturated rings. The molecule has 1 aromatic heterocycles. The molecule has 3 N–H and O–H groups in total. The molecule has 0 atom stereocenters. The van der Waals surface area contributed by atoms with Crippen LogP contribution in [0.1, 0.15) is 23.7 Å². The summed E-state index contributed by atoms with van der Waals surface area (Å²) < 4.78 is 5.05. The number of nitrogens with zero attached hydrogens (tertiary/aromatic N) is 2. The summed E-state index contributed by atoms with van der Waals surface area (Å²) in [7, 11) is 0. The molecule has 0 unspecified atom stereocenters. The summed E-state index contributed by atoms with van der Waals surface area (Å²) in [6.45, 7) is 0. The Kier molecular flexibility index (Phi) is 4.03. The molecule has 0 spiro atoms. The minimum atomic E-state index is -0.252. The van der Waals surface area contributed by atoms with Gasteiger partial charge in [0, 0.05) is 19.3 Å². The van der Waals surface area contributed by atoms with Gasteiger partial charge in [0.05, 0.1) is 0 Å². The number of carbonyl (C=O) groups is 1. The lowest BCUT2D eigenvalue weighted by atomic mass is 10.1. The zero-order chi connectivity index (χ0) is 12.8. The third-order valence-corrected chi connectivity index (χ3v) is 2.44. The predicted octanol–water partition coefficient (Wildman–Crippen LogP) is 0.583. The number of hydrogen-bond acceptors (Lipinski definition) is 5. The quantitative estimate of drug-likeness (QED) is 0.457. The van der Waals surface area contributed by atoms with E-state index < -0.39 is 0 Å². The highest BCUT2D eigenvalue weighted by molar-refractivity contribution is 5.75. The summed E-state index contributed by atoms with van der Waals surface area (Å²) in [4.78, 5) is 15.2. The highest BCUT2D eigenvalue weighted by Crippen LogP contribution is 2.07. The average molecular weight is 246 g/mol. The zero-order valence-electron chi connectivity index (χ0n) is 9.80. The molecule has 1 amide bonds. The second-order valence-corrected chi connectivity index (χ2v) is 3.83. The van der Waals surface area contributed by atoms with E-state index in [1.54, 1.807) is 0 Å². The fourth-order valence-electron chi connectivity index (χ4n) is 1.53. The van der Waals surface area contributed by atoms with Gasteiger partial charge in [0.2, 0.25) is 11.8 Å². The topological polar surface area (TPSA) is 94.0 Å². The Labute approximate surface area is 104 Å². The molecule has 0 radical (unpaired) electrons. The molecule has 0 saturated heterocycles. The van der Waals surface area contributed by atoms with Gasteiger partial charge in [-0.15, -0.1) is 0 Å². The van der Waals surface area contributed by atoms with Crippen molar-refractivity contribution in [2.75, 3.05) is 0 Å². The van der Waals surface area contributed by atoms with Crippen LogP contribution in [0.2, 0.25) is 0 Å². The third-order valence-electron chi connectivity index (χ3n) is 2.44. The first-order valence-electron chi connectivity index (χ1n) is 5.63. The van der Waals surface area contributed by atoms with Crippen molar-refractivity contribution in [3.05, 3.63) is 47.6 Å². The molecular weight excluding hydrogens is 232 g/mol. The van der Waals surface area contributed by atoms with E-state index in [1.165, 1.54) is 0 Å². The number of benzene rings is 1. The van der Waals surface area contributed by atoms with Crippen molar-refractivity contribution >= 4 is 5.91 Å². The number of aromatic nitrogens is 2. The predicted molar refractivity (Wildman–Crippen MR) is 64.2 cm³/mol. The molecule has 0 bridgehead atoms. The van der Waals surface area contributed by atoms with Gasteiger partial charge in [-0.05, 0) is 5.56 Å². The lowest BCUT2D eigenvalue weighted by molar-refractivity contribution is -0.121. The van der Waals surface area contributed by atoms with Crippen molar-refractivity contribution in [2.24, 2.45) is 5.84 Å². The molecule has 94 valence electrons. The second kappa shape index (κ2) is 5.92. The van der Waals surface area contributed by atoms with Crippen molar-refractivity contribution in [1.29, 1.82) is 0 Å². The second-order valence-electron chi connectivity index (χ2n) is 3.83. The Morgan fingerprint density at radius 2 is 2.11 bits per heavy atom. The van der Waals surface area contributed by atoms with Crippen LogP contribution in [-0.4, -0.2) is 16.0 Å². The van der Waals surface area contributed by atoms with Crippen LogP contribution in [0.15, 0.2) is 34.9 Å². The van der Waals surface area contributed by atoms with E-state index in [9.17, 15) is 4.79 Å². The van der Waals surface area contributed by atoms with Gasteiger partial charge in [-0.25, -0.2) is 5.84 Å². The van der Waals surface area contributed by atoms with Crippen molar-refractivity contribution in [3.8, 4) is 0 Å². The molecule has 0 saturated carbocycles. The molecule has 2 rings (SSSR count). The van der Waals surface area contributed by atoms with E-state index in [4.69, 9.17) is 10.4 Å². The summed E-state index contributed by atoms with van der Waals surface area (Å²) in [5.41, 5.74) is 3.17. The Morgan fingerprint density at radius 1 is 1.33 bits per heavy atom. The first-order valence-corrected chi connectivity index (χ1v) is 5.63. The summed E-state index contributed by atoms with van der Waals surface area (Å²) in [6.07, 6.45) is 1.25. The first kappa shape index (κ1) is 12.3. The SMILES string of the molecule is NNC(=O)CCc1nc(Cc2ccccc2)no1. The van der Waals surface area contributed by atoms with Crippen LogP contribution in [0.25, 0.3) is 0 Å². The van der Waals surface area contributed by atoms with Gasteiger partial charge in [0.1, 0.15) is 0 Å². The molecule has 0 aliphatic rings. The van der Waals surface area contributed by atoms with Gasteiger partial charge >= 0.3 is 0 Å². The fourth-order valence-corrected chi connectivity index (χ4v) is 1.53. The zero-order valence-corrected chi connectivity index (χ0v) is 9.80. The number of nitrogens with one attached hydrogen (secondary N) is 1. The van der Waals surface area contributed by atoms with E-state index in [-0.39, 0.29) is 12.3 Å². The van der Waals surface area contributed by atoms with Gasteiger partial charge in [0.25, 0.3) is 0 Å². The number of rotatable bonds is 5. The minimum Gasteiger partial charge on any atom is -0.339 e. The molecule has 0 aliphatic heterocycles. The molecule has 1 aromatic carbocycles. The Bertz CT molecular complexity index is 510. The lowest BCUT2D eigenvalue weighted by Gasteiger charge is -1.95. The molecule has 2 aromatic rings. The standard InChI is InChI=1S/C12H14N4O2/c13-15-11(17)6-7-12-14-10(16-18-12)8-9-4-2-1-3-5-9/h1-5H,6-8,13H2,(H,15,17). The van der Waals surface area contributed by atoms with Crippen LogP contribution >= 0.6 is 0 Å². The minimum absolute atomic E-state index is 0.240. The maximum atomic E-state index is 11.0. The van der Waals surface area contributed by atoms with E-state index in [0.717, 1.165) is 5.56 Å². The van der Waals surface area contributed by atoms with Crippen LogP contribution in [-0.2, 0) is 17.6 Å². The van der Waals surface area contributed by atoms with Gasteiger partial charge in [-0.1, -0.05) is 35.5 Å². The van der Waals surface area contributed by atoms with E-state index in [2.05, 4.69) is 15.6 Å². The fraction of sp³-hybridized carbons (Fsp3) is 0.250. The van der Waals surface area contributed by atoms with Crippen LogP contribution in [0.5, 0.6) is 0 Å². The number of hydrazine groups is 1. The van der Waals surface area contributed by atoms with Gasteiger partial charge in [-0.2, -0.15) is 4.98 Å². The summed E-state index contributed by atoms with van der Waals surface area (Å²) >= 11 is 0. The maximum absolute atomic E-state index is 11.0. The number of carbonyl (C=O) groups excluding carboxylic acids is 1. The van der Waals surface area contributed by atoms with Crippen molar-refractivity contribution in [1.82, 2.24) is 15.6 Å². The summed E-state index contributed by atoms with van der Waals surface area (Å²) in [5, 5.41) is 3.87. The number of amides is 1. The summed E-state index contributed by atoms with van der Waals surface area (Å²) in [5.74, 6) is 5.79. The Balaban J connectivity index is 1.92. The van der Waals surface area contributed by atoms with Crippen LogP contribution in [0.3, 0.4) is 0 Å². The van der Waals surface area contributed by atoms with Crippen LogP contribution in [0.4, 0.5) is 0 Å². The van der Waals surface area contributed by atoms with E-state index in [0.29, 0.717) is 24.6 Å². The average Bonchev–Trinajstić information content (AvgIpc) is 2.85. The van der Waals surface area contributed by atoms with Crippen molar-refractivity contribution in [2.45, 2.75) is 19.3 Å². The van der Waals surface area contributed by atoms with Crippen molar-refractivity contribution < 1.29 is 9.32 Å². The molecule has 0 aliphatic carbocycles. The van der Waals surface area contributed by atoms with E-state index in [1.807, 2.05) is 30.3 Å². The lowest BCUT2D eigenvalue weighted by Crippen LogP contribution is -2.30. The smallest absolute Gasteiger partial charge is 0.234 e. The van der Waals surface area contributed by atoms with Gasteiger partial charge in [0.15, 0.2) is 5.82 Å². The monoisotopic (exact) mass is 246 g/mol. The summed E-state index contributed by atoms with van der Waals surface area (Å²) in [6, 6.07) is 9.87. The molecule has 1 heterocycles. The normalized spacial score (nSPS) is 10.3. The molecule has 6 nitrogen and oxygen atoms in total. The van der Waals surface area contributed by atoms with Gasteiger partial charge < -0.3 is 4.52 Å².